The first kappa shape index (κ1) is 11.6. The third-order valence-electron chi connectivity index (χ3n) is 1.95. The Bertz CT molecular complexity index is 371. The van der Waals surface area contributed by atoms with E-state index in [1.54, 1.807) is 0 Å². The second kappa shape index (κ2) is 6.06. The first-order valence-corrected chi connectivity index (χ1v) is 4.87. The van der Waals surface area contributed by atoms with E-state index in [9.17, 15) is 4.79 Å². The second-order valence-electron chi connectivity index (χ2n) is 2.95. The van der Waals surface area contributed by atoms with Crippen molar-refractivity contribution in [2.75, 3.05) is 7.11 Å². The molecule has 0 N–H and O–H groups in total. The van der Waals surface area contributed by atoms with Crippen molar-refractivity contribution in [1.29, 1.82) is 0 Å². The number of aliphatic imine (C=N–C) groups is 1. The van der Waals surface area contributed by atoms with Gasteiger partial charge in [0.2, 0.25) is 0 Å². The highest BCUT2D eigenvalue weighted by molar-refractivity contribution is 7.78. The molecule has 0 radical (unpaired) electrons. The van der Waals surface area contributed by atoms with Crippen LogP contribution in [0.4, 0.5) is 0 Å². The zero-order valence-electron chi connectivity index (χ0n) is 8.34. The Balaban J connectivity index is 2.75. The maximum absolute atomic E-state index is 11.3. The summed E-state index contributed by atoms with van der Waals surface area (Å²) < 4.78 is 4.62. The van der Waals surface area contributed by atoms with E-state index in [-0.39, 0.29) is 0 Å². The van der Waals surface area contributed by atoms with E-state index in [0.717, 1.165) is 5.56 Å². The molecule has 3 nitrogen and oxygen atoms in total. The number of ether oxygens (including phenoxy) is 1. The number of nitrogens with zero attached hydrogens (tertiary/aromatic N) is 1. The van der Waals surface area contributed by atoms with Crippen molar-refractivity contribution in [3.8, 4) is 0 Å². The van der Waals surface area contributed by atoms with Gasteiger partial charge in [-0.25, -0.2) is 9.79 Å². The van der Waals surface area contributed by atoms with Gasteiger partial charge in [-0.15, -0.1) is 0 Å². The van der Waals surface area contributed by atoms with Crippen LogP contribution in [-0.4, -0.2) is 24.3 Å². The molecule has 15 heavy (non-hydrogen) atoms. The predicted octanol–water partition coefficient (Wildman–Crippen LogP) is 1.87. The van der Waals surface area contributed by atoms with Crippen LogP contribution in [0.5, 0.6) is 0 Å². The molecule has 0 aliphatic rings. The fourth-order valence-electron chi connectivity index (χ4n) is 1.22. The van der Waals surface area contributed by atoms with Crippen LogP contribution in [0.3, 0.4) is 0 Å². The van der Waals surface area contributed by atoms with E-state index in [1.807, 2.05) is 30.3 Å². The Morgan fingerprint density at radius 3 is 2.73 bits per heavy atom. The van der Waals surface area contributed by atoms with Gasteiger partial charge in [0.25, 0.3) is 0 Å². The number of carbonyl (C=O) groups is 1. The Labute approximate surface area is 93.8 Å². The van der Waals surface area contributed by atoms with Crippen molar-refractivity contribution in [2.24, 2.45) is 4.99 Å². The molecule has 0 aliphatic carbocycles. The fraction of sp³-hybridized carbons (Fsp3) is 0.273. The van der Waals surface area contributed by atoms with Gasteiger partial charge in [-0.2, -0.15) is 0 Å². The average Bonchev–Trinajstić information content (AvgIpc) is 2.29. The van der Waals surface area contributed by atoms with Gasteiger partial charge in [-0.1, -0.05) is 30.3 Å². The molecule has 0 heterocycles. The van der Waals surface area contributed by atoms with E-state index in [1.165, 1.54) is 7.11 Å². The smallest absolute Gasteiger partial charge is 0.331 e. The van der Waals surface area contributed by atoms with Crippen molar-refractivity contribution in [3.05, 3.63) is 35.9 Å². The molecule has 1 atom stereocenters. The summed E-state index contributed by atoms with van der Waals surface area (Å²) in [4.78, 5) is 15.1. The first-order valence-electron chi connectivity index (χ1n) is 4.46. The van der Waals surface area contributed by atoms with Gasteiger partial charge in [0.15, 0.2) is 6.04 Å². The molecular formula is C11H11NO2S. The van der Waals surface area contributed by atoms with Gasteiger partial charge >= 0.3 is 5.97 Å². The summed E-state index contributed by atoms with van der Waals surface area (Å²) in [5, 5.41) is 2.21. The number of thiocarbonyl (C=S) groups is 1. The summed E-state index contributed by atoms with van der Waals surface area (Å²) in [6.07, 6.45) is 0.483. The zero-order valence-corrected chi connectivity index (χ0v) is 9.16. The minimum absolute atomic E-state index is 0.392. The molecule has 1 aromatic rings. The quantitative estimate of drug-likeness (QED) is 0.442. The number of carbonyl (C=O) groups excluding carboxylic acids is 1. The molecule has 0 spiro atoms. The number of methoxy groups -OCH3 is 1. The molecule has 1 aromatic carbocycles. The number of benzene rings is 1. The van der Waals surface area contributed by atoms with Crippen molar-refractivity contribution in [1.82, 2.24) is 0 Å². The van der Waals surface area contributed by atoms with Gasteiger partial charge in [-0.3, -0.25) is 0 Å². The molecular weight excluding hydrogens is 210 g/mol. The van der Waals surface area contributed by atoms with Crippen LogP contribution in [0.2, 0.25) is 0 Å². The Hall–Kier alpha value is -1.51. The van der Waals surface area contributed by atoms with E-state index in [2.05, 4.69) is 27.1 Å². The summed E-state index contributed by atoms with van der Waals surface area (Å²) in [5.74, 6) is -0.392. The summed E-state index contributed by atoms with van der Waals surface area (Å²) >= 11 is 4.49. The molecule has 0 amide bonds. The lowest BCUT2D eigenvalue weighted by Crippen LogP contribution is -2.22. The van der Waals surface area contributed by atoms with Crippen molar-refractivity contribution in [3.63, 3.8) is 0 Å². The van der Waals surface area contributed by atoms with Crippen LogP contribution in [0, 0.1) is 0 Å². The zero-order chi connectivity index (χ0) is 11.1. The lowest BCUT2D eigenvalue weighted by atomic mass is 10.1. The highest BCUT2D eigenvalue weighted by Crippen LogP contribution is 2.06. The Kier molecular flexibility index (Phi) is 4.68. The minimum Gasteiger partial charge on any atom is -0.467 e. The monoisotopic (exact) mass is 221 g/mol. The van der Waals surface area contributed by atoms with E-state index < -0.39 is 12.0 Å². The van der Waals surface area contributed by atoms with E-state index in [0.29, 0.717) is 6.42 Å². The number of esters is 1. The van der Waals surface area contributed by atoms with Gasteiger partial charge in [0.1, 0.15) is 0 Å². The molecule has 78 valence electrons. The van der Waals surface area contributed by atoms with Crippen LogP contribution < -0.4 is 0 Å². The molecule has 0 aromatic heterocycles. The van der Waals surface area contributed by atoms with Crippen LogP contribution >= 0.6 is 12.2 Å². The topological polar surface area (TPSA) is 38.7 Å². The van der Waals surface area contributed by atoms with E-state index >= 15 is 0 Å². The van der Waals surface area contributed by atoms with Crippen LogP contribution in [0.1, 0.15) is 5.56 Å². The summed E-state index contributed by atoms with van der Waals surface area (Å²) in [6.45, 7) is 0. The minimum atomic E-state index is -0.588. The van der Waals surface area contributed by atoms with Gasteiger partial charge < -0.3 is 4.74 Å². The van der Waals surface area contributed by atoms with Crippen LogP contribution in [0.25, 0.3) is 0 Å². The van der Waals surface area contributed by atoms with Crippen LogP contribution in [0.15, 0.2) is 35.3 Å². The second-order valence-corrected chi connectivity index (χ2v) is 3.13. The average molecular weight is 221 g/mol. The lowest BCUT2D eigenvalue weighted by molar-refractivity contribution is -0.142. The lowest BCUT2D eigenvalue weighted by Gasteiger charge is -2.08. The molecule has 0 aliphatic heterocycles. The molecule has 0 bridgehead atoms. The molecule has 0 unspecified atom stereocenters. The predicted molar refractivity (Wildman–Crippen MR) is 61.0 cm³/mol. The molecule has 4 heteroatoms. The van der Waals surface area contributed by atoms with Crippen LogP contribution in [-0.2, 0) is 16.0 Å². The number of hydrogen-bond donors (Lipinski definition) is 0. The standard InChI is InChI=1S/C11H11NO2S/c1-14-11(13)10(12-8-15)7-9-5-3-2-4-6-9/h2-6,10H,7H2,1H3/t10-/m1/s1. The SMILES string of the molecule is COC(=O)[C@@H](Cc1ccccc1)N=C=S. The molecule has 1 rings (SSSR count). The first-order chi connectivity index (χ1) is 7.27. The summed E-state index contributed by atoms with van der Waals surface area (Å²) in [6, 6.07) is 8.99. The Morgan fingerprint density at radius 2 is 2.20 bits per heavy atom. The molecule has 0 fully saturated rings. The third kappa shape index (κ3) is 3.62. The molecule has 0 saturated carbocycles. The van der Waals surface area contributed by atoms with Crippen molar-refractivity contribution in [2.45, 2.75) is 12.5 Å². The Morgan fingerprint density at radius 1 is 1.53 bits per heavy atom. The number of isothiocyanates is 1. The van der Waals surface area contributed by atoms with Crippen molar-refractivity contribution < 1.29 is 9.53 Å². The maximum Gasteiger partial charge on any atom is 0.331 e. The maximum atomic E-state index is 11.3. The summed E-state index contributed by atoms with van der Waals surface area (Å²) in [5.41, 5.74) is 1.02. The molecule has 0 saturated heterocycles. The fourth-order valence-corrected chi connectivity index (χ4v) is 1.35. The van der Waals surface area contributed by atoms with Gasteiger partial charge in [0.05, 0.1) is 12.3 Å². The highest BCUT2D eigenvalue weighted by atomic mass is 32.1. The normalized spacial score (nSPS) is 11.3. The van der Waals surface area contributed by atoms with Gasteiger partial charge in [-0.05, 0) is 17.8 Å². The largest absolute Gasteiger partial charge is 0.467 e. The van der Waals surface area contributed by atoms with Gasteiger partial charge in [0, 0.05) is 6.42 Å². The van der Waals surface area contributed by atoms with E-state index in [4.69, 9.17) is 0 Å². The number of hydrogen-bond acceptors (Lipinski definition) is 4. The third-order valence-corrected chi connectivity index (χ3v) is 2.06. The summed E-state index contributed by atoms with van der Waals surface area (Å²) in [7, 11) is 1.33. The van der Waals surface area contributed by atoms with Crippen molar-refractivity contribution >= 4 is 23.3 Å². The number of rotatable bonds is 4. The highest BCUT2D eigenvalue weighted by Gasteiger charge is 2.17.